The van der Waals surface area contributed by atoms with Crippen molar-refractivity contribution in [1.82, 2.24) is 0 Å². The molecule has 4 nitrogen and oxygen atoms in total. The number of benzene rings is 1. The third kappa shape index (κ3) is 3.21. The molecule has 1 heterocycles. The van der Waals surface area contributed by atoms with Gasteiger partial charge in [-0.1, -0.05) is 22.0 Å². The van der Waals surface area contributed by atoms with Crippen LogP contribution in [0.4, 0.5) is 5.69 Å². The molecule has 0 atom stereocenters. The Morgan fingerprint density at radius 3 is 2.89 bits per heavy atom. The van der Waals surface area contributed by atoms with Crippen LogP contribution >= 0.6 is 15.9 Å². The van der Waals surface area contributed by atoms with Gasteiger partial charge in [-0.3, -0.25) is 4.79 Å². The maximum atomic E-state index is 11.9. The Bertz CT molecular complexity index is 551. The summed E-state index contributed by atoms with van der Waals surface area (Å²) in [7, 11) is 0. The van der Waals surface area contributed by atoms with E-state index in [1.54, 1.807) is 12.1 Å². The van der Waals surface area contributed by atoms with Crippen molar-refractivity contribution in [1.29, 1.82) is 0 Å². The standard InChI is InChI=1S/C13H13BrN2O2/c14-9-2-1-3-10(8-9)16-13(17)12-5-4-11(18-12)6-7-15/h1-5,8H,6-7,15H2,(H,16,17). The molecule has 18 heavy (non-hydrogen) atoms. The van der Waals surface area contributed by atoms with Gasteiger partial charge in [0, 0.05) is 16.6 Å². The maximum absolute atomic E-state index is 11.9. The van der Waals surface area contributed by atoms with Gasteiger partial charge in [-0.15, -0.1) is 0 Å². The van der Waals surface area contributed by atoms with E-state index in [-0.39, 0.29) is 5.91 Å². The Balaban J connectivity index is 2.07. The number of hydrogen-bond donors (Lipinski definition) is 2. The molecule has 0 spiro atoms. The van der Waals surface area contributed by atoms with Crippen LogP contribution in [-0.2, 0) is 6.42 Å². The van der Waals surface area contributed by atoms with Gasteiger partial charge in [-0.05, 0) is 36.9 Å². The highest BCUT2D eigenvalue weighted by molar-refractivity contribution is 9.10. The highest BCUT2D eigenvalue weighted by Gasteiger charge is 2.11. The second-order valence-electron chi connectivity index (χ2n) is 3.77. The van der Waals surface area contributed by atoms with Crippen LogP contribution in [-0.4, -0.2) is 12.5 Å². The summed E-state index contributed by atoms with van der Waals surface area (Å²) >= 11 is 3.34. The van der Waals surface area contributed by atoms with Crippen molar-refractivity contribution in [3.05, 3.63) is 52.4 Å². The predicted octanol–water partition coefficient (Wildman–Crippen LogP) is 2.80. The van der Waals surface area contributed by atoms with Crippen molar-refractivity contribution in [2.45, 2.75) is 6.42 Å². The van der Waals surface area contributed by atoms with Gasteiger partial charge < -0.3 is 15.5 Å². The highest BCUT2D eigenvalue weighted by atomic mass is 79.9. The fourth-order valence-corrected chi connectivity index (χ4v) is 1.93. The average molecular weight is 309 g/mol. The Labute approximate surface area is 113 Å². The third-order valence-corrected chi connectivity index (χ3v) is 2.85. The van der Waals surface area contributed by atoms with Crippen molar-refractivity contribution in [3.63, 3.8) is 0 Å². The minimum absolute atomic E-state index is 0.267. The van der Waals surface area contributed by atoms with Gasteiger partial charge in [-0.25, -0.2) is 0 Å². The molecule has 1 aromatic heterocycles. The van der Waals surface area contributed by atoms with Crippen LogP contribution in [0.3, 0.4) is 0 Å². The second-order valence-corrected chi connectivity index (χ2v) is 4.68. The molecule has 3 N–H and O–H groups in total. The van der Waals surface area contributed by atoms with E-state index in [1.807, 2.05) is 24.3 Å². The minimum atomic E-state index is -0.267. The van der Waals surface area contributed by atoms with Crippen LogP contribution in [0.1, 0.15) is 16.3 Å². The number of amides is 1. The molecule has 0 fully saturated rings. The lowest BCUT2D eigenvalue weighted by Gasteiger charge is -2.03. The predicted molar refractivity (Wildman–Crippen MR) is 73.6 cm³/mol. The number of halogens is 1. The normalized spacial score (nSPS) is 10.3. The number of anilines is 1. The first kappa shape index (κ1) is 12.9. The van der Waals surface area contributed by atoms with Crippen molar-refractivity contribution < 1.29 is 9.21 Å². The number of furan rings is 1. The summed E-state index contributed by atoms with van der Waals surface area (Å²) in [5, 5.41) is 2.76. The first-order valence-electron chi connectivity index (χ1n) is 5.55. The molecule has 94 valence electrons. The fourth-order valence-electron chi connectivity index (χ4n) is 1.54. The summed E-state index contributed by atoms with van der Waals surface area (Å²) in [4.78, 5) is 11.9. The Morgan fingerprint density at radius 2 is 2.17 bits per heavy atom. The van der Waals surface area contributed by atoms with E-state index in [0.717, 1.165) is 10.2 Å². The summed E-state index contributed by atoms with van der Waals surface area (Å²) in [5.74, 6) is 0.742. The lowest BCUT2D eigenvalue weighted by molar-refractivity contribution is 0.0995. The van der Waals surface area contributed by atoms with Crippen molar-refractivity contribution in [3.8, 4) is 0 Å². The first-order chi connectivity index (χ1) is 8.69. The summed E-state index contributed by atoms with van der Waals surface area (Å²) in [5.41, 5.74) is 6.13. The van der Waals surface area contributed by atoms with Crippen molar-refractivity contribution in [2.24, 2.45) is 5.73 Å². The summed E-state index contributed by atoms with van der Waals surface area (Å²) < 4.78 is 6.29. The molecule has 5 heteroatoms. The fraction of sp³-hybridized carbons (Fsp3) is 0.154. The molecule has 0 radical (unpaired) electrons. The molecule has 2 aromatic rings. The molecule has 0 bridgehead atoms. The van der Waals surface area contributed by atoms with Crippen LogP contribution < -0.4 is 11.1 Å². The lowest BCUT2D eigenvalue weighted by atomic mass is 10.3. The molecular formula is C13H13BrN2O2. The molecule has 2 rings (SSSR count). The molecule has 0 aliphatic carbocycles. The van der Waals surface area contributed by atoms with Gasteiger partial charge in [0.1, 0.15) is 5.76 Å². The molecule has 1 amide bonds. The number of nitrogens with two attached hydrogens (primary N) is 1. The quantitative estimate of drug-likeness (QED) is 0.912. The van der Waals surface area contributed by atoms with Crippen molar-refractivity contribution >= 4 is 27.5 Å². The Hall–Kier alpha value is -1.59. The average Bonchev–Trinajstić information content (AvgIpc) is 2.78. The molecule has 0 saturated heterocycles. The molecule has 0 unspecified atom stereocenters. The highest BCUT2D eigenvalue weighted by Crippen LogP contribution is 2.17. The molecule has 0 aliphatic heterocycles. The van der Waals surface area contributed by atoms with E-state index >= 15 is 0 Å². The number of carbonyl (C=O) groups excluding carboxylic acids is 1. The molecular weight excluding hydrogens is 296 g/mol. The first-order valence-corrected chi connectivity index (χ1v) is 6.34. The van der Waals surface area contributed by atoms with Gasteiger partial charge in [-0.2, -0.15) is 0 Å². The van der Waals surface area contributed by atoms with Crippen molar-refractivity contribution in [2.75, 3.05) is 11.9 Å². The third-order valence-electron chi connectivity index (χ3n) is 2.36. The van der Waals surface area contributed by atoms with Gasteiger partial charge in [0.2, 0.25) is 0 Å². The summed E-state index contributed by atoms with van der Waals surface area (Å²) in [6.45, 7) is 0.500. The minimum Gasteiger partial charge on any atom is -0.456 e. The molecule has 1 aromatic carbocycles. The van der Waals surface area contributed by atoms with Crippen LogP contribution in [0.25, 0.3) is 0 Å². The summed E-state index contributed by atoms with van der Waals surface area (Å²) in [6, 6.07) is 10.8. The topological polar surface area (TPSA) is 68.3 Å². The van der Waals surface area contributed by atoms with Crippen LogP contribution in [0.2, 0.25) is 0 Å². The van der Waals surface area contributed by atoms with Gasteiger partial charge >= 0.3 is 0 Å². The zero-order chi connectivity index (χ0) is 13.0. The maximum Gasteiger partial charge on any atom is 0.291 e. The van der Waals surface area contributed by atoms with Crippen LogP contribution in [0.5, 0.6) is 0 Å². The number of rotatable bonds is 4. The van der Waals surface area contributed by atoms with E-state index < -0.39 is 0 Å². The Kier molecular flexibility index (Phi) is 4.17. The second kappa shape index (κ2) is 5.84. The molecule has 0 aliphatic rings. The smallest absolute Gasteiger partial charge is 0.291 e. The van der Waals surface area contributed by atoms with E-state index in [1.165, 1.54) is 0 Å². The largest absolute Gasteiger partial charge is 0.456 e. The number of nitrogens with one attached hydrogen (secondary N) is 1. The lowest BCUT2D eigenvalue weighted by Crippen LogP contribution is -2.10. The zero-order valence-electron chi connectivity index (χ0n) is 9.65. The van der Waals surface area contributed by atoms with Crippen LogP contribution in [0.15, 0.2) is 45.3 Å². The van der Waals surface area contributed by atoms with E-state index in [9.17, 15) is 4.79 Å². The van der Waals surface area contributed by atoms with Gasteiger partial charge in [0.15, 0.2) is 5.76 Å². The van der Waals surface area contributed by atoms with Crippen LogP contribution in [0, 0.1) is 0 Å². The van der Waals surface area contributed by atoms with Gasteiger partial charge in [0.25, 0.3) is 5.91 Å². The number of hydrogen-bond acceptors (Lipinski definition) is 3. The molecule has 0 saturated carbocycles. The van der Waals surface area contributed by atoms with E-state index in [2.05, 4.69) is 21.2 Å². The Morgan fingerprint density at radius 1 is 1.33 bits per heavy atom. The summed E-state index contributed by atoms with van der Waals surface area (Å²) in [6.07, 6.45) is 0.629. The van der Waals surface area contributed by atoms with E-state index in [0.29, 0.717) is 24.4 Å². The van der Waals surface area contributed by atoms with Gasteiger partial charge in [0.05, 0.1) is 0 Å². The monoisotopic (exact) mass is 308 g/mol. The SMILES string of the molecule is NCCc1ccc(C(=O)Nc2cccc(Br)c2)o1. The zero-order valence-corrected chi connectivity index (χ0v) is 11.2. The van der Waals surface area contributed by atoms with E-state index in [4.69, 9.17) is 10.2 Å². The number of carbonyl (C=O) groups is 1.